The summed E-state index contributed by atoms with van der Waals surface area (Å²) in [6.45, 7) is -0.417. The van der Waals surface area contributed by atoms with Gasteiger partial charge >= 0.3 is 5.97 Å². The van der Waals surface area contributed by atoms with Gasteiger partial charge in [0, 0.05) is 6.42 Å². The number of amides is 2. The summed E-state index contributed by atoms with van der Waals surface area (Å²) < 4.78 is 13.7. The molecule has 2 rings (SSSR count). The van der Waals surface area contributed by atoms with Gasteiger partial charge in [-0.15, -0.1) is 0 Å². The molecule has 1 aromatic rings. The van der Waals surface area contributed by atoms with Crippen LogP contribution in [0.3, 0.4) is 0 Å². The number of carbonyl (C=O) groups is 3. The number of allylic oxidation sites excluding steroid dienone is 1. The summed E-state index contributed by atoms with van der Waals surface area (Å²) in [5, 5.41) is 8.47. The van der Waals surface area contributed by atoms with Crippen LogP contribution in [0.1, 0.15) is 40.0 Å². The molecule has 1 aliphatic rings. The highest BCUT2D eigenvalue weighted by atomic mass is 19.1. The molecule has 1 aromatic carbocycles. The van der Waals surface area contributed by atoms with Crippen molar-refractivity contribution < 1.29 is 23.9 Å². The van der Waals surface area contributed by atoms with Gasteiger partial charge in [-0.3, -0.25) is 19.3 Å². The average Bonchev–Trinajstić information content (AvgIpc) is 2.69. The average molecular weight is 291 g/mol. The van der Waals surface area contributed by atoms with Gasteiger partial charge in [0.15, 0.2) is 0 Å². The van der Waals surface area contributed by atoms with Gasteiger partial charge in [0.2, 0.25) is 0 Å². The van der Waals surface area contributed by atoms with E-state index in [1.54, 1.807) is 12.1 Å². The Bertz CT molecular complexity index is 589. The van der Waals surface area contributed by atoms with Crippen molar-refractivity contribution in [2.75, 3.05) is 6.54 Å². The molecule has 0 radical (unpaired) electrons. The number of carbonyl (C=O) groups excluding carboxylic acids is 2. The van der Waals surface area contributed by atoms with Crippen molar-refractivity contribution >= 4 is 17.8 Å². The Labute approximate surface area is 120 Å². The van der Waals surface area contributed by atoms with Crippen LogP contribution in [0.5, 0.6) is 0 Å². The summed E-state index contributed by atoms with van der Waals surface area (Å²) in [4.78, 5) is 35.2. The molecule has 1 N–H and O–H groups in total. The van der Waals surface area contributed by atoms with Crippen LogP contribution in [-0.2, 0) is 4.79 Å². The van der Waals surface area contributed by atoms with Crippen LogP contribution in [0.15, 0.2) is 36.2 Å². The Balaban J connectivity index is 1.98. The van der Waals surface area contributed by atoms with E-state index in [-0.39, 0.29) is 24.0 Å². The molecule has 0 saturated carbocycles. The van der Waals surface area contributed by atoms with E-state index < -0.39 is 30.2 Å². The maximum Gasteiger partial charge on any atom is 0.303 e. The molecule has 2 amide bonds. The van der Waals surface area contributed by atoms with Gasteiger partial charge in [0.05, 0.1) is 17.7 Å². The second-order valence-corrected chi connectivity index (χ2v) is 4.68. The number of halogens is 1. The van der Waals surface area contributed by atoms with Crippen molar-refractivity contribution in [3.8, 4) is 0 Å². The van der Waals surface area contributed by atoms with Crippen molar-refractivity contribution in [3.05, 3.63) is 47.3 Å². The Morgan fingerprint density at radius 2 is 1.76 bits per heavy atom. The van der Waals surface area contributed by atoms with Gasteiger partial charge in [-0.1, -0.05) is 18.2 Å². The summed E-state index contributed by atoms with van der Waals surface area (Å²) in [5.41, 5.74) is 0.558. The zero-order chi connectivity index (χ0) is 15.4. The first-order valence-corrected chi connectivity index (χ1v) is 6.52. The second kappa shape index (κ2) is 6.30. The normalized spacial score (nSPS) is 14.5. The van der Waals surface area contributed by atoms with Crippen molar-refractivity contribution in [2.24, 2.45) is 0 Å². The third-order valence-corrected chi connectivity index (χ3v) is 3.15. The molecule has 21 heavy (non-hydrogen) atoms. The number of carboxylic acid groups (broad SMARTS) is 1. The van der Waals surface area contributed by atoms with Crippen LogP contribution < -0.4 is 0 Å². The maximum absolute atomic E-state index is 13.7. The Morgan fingerprint density at radius 1 is 1.19 bits per heavy atom. The summed E-state index contributed by atoms with van der Waals surface area (Å²) >= 11 is 0. The fourth-order valence-electron chi connectivity index (χ4n) is 2.11. The van der Waals surface area contributed by atoms with Gasteiger partial charge in [-0.05, 0) is 25.0 Å². The molecule has 0 unspecified atom stereocenters. The molecular weight excluding hydrogens is 277 g/mol. The lowest BCUT2D eigenvalue weighted by molar-refractivity contribution is -0.137. The molecule has 0 aliphatic carbocycles. The lowest BCUT2D eigenvalue weighted by Crippen LogP contribution is -2.31. The molecule has 0 saturated heterocycles. The highest BCUT2D eigenvalue weighted by Gasteiger charge is 2.35. The molecule has 0 atom stereocenters. The van der Waals surface area contributed by atoms with Gasteiger partial charge in [-0.2, -0.15) is 0 Å². The minimum atomic E-state index is -0.941. The molecule has 110 valence electrons. The van der Waals surface area contributed by atoms with Crippen molar-refractivity contribution in [1.29, 1.82) is 0 Å². The lowest BCUT2D eigenvalue weighted by Gasteiger charge is -2.12. The highest BCUT2D eigenvalue weighted by Crippen LogP contribution is 2.23. The van der Waals surface area contributed by atoms with E-state index in [1.165, 1.54) is 18.2 Å². The number of carboxylic acids is 1. The van der Waals surface area contributed by atoms with Gasteiger partial charge in [0.25, 0.3) is 11.8 Å². The lowest BCUT2D eigenvalue weighted by atomic mass is 10.1. The molecule has 5 nitrogen and oxygen atoms in total. The van der Waals surface area contributed by atoms with E-state index in [1.807, 2.05) is 0 Å². The number of nitrogens with zero attached hydrogens (tertiary/aromatic N) is 1. The zero-order valence-corrected chi connectivity index (χ0v) is 11.2. The first-order chi connectivity index (χ1) is 10.0. The first-order valence-electron chi connectivity index (χ1n) is 6.52. The smallest absolute Gasteiger partial charge is 0.303 e. The van der Waals surface area contributed by atoms with Crippen molar-refractivity contribution in [2.45, 2.75) is 19.3 Å². The molecule has 0 bridgehead atoms. The molecule has 0 aromatic heterocycles. The minimum absolute atomic E-state index is 0.0448. The highest BCUT2D eigenvalue weighted by molar-refractivity contribution is 6.21. The molecular formula is C15H14FNO4. The van der Waals surface area contributed by atoms with Gasteiger partial charge < -0.3 is 5.11 Å². The Kier molecular flexibility index (Phi) is 4.47. The van der Waals surface area contributed by atoms with E-state index in [2.05, 4.69) is 0 Å². The number of fused-ring (bicyclic) bond motifs is 1. The predicted molar refractivity (Wildman–Crippen MR) is 72.5 cm³/mol. The molecule has 0 spiro atoms. The van der Waals surface area contributed by atoms with E-state index in [0.717, 1.165) is 4.90 Å². The molecule has 1 heterocycles. The van der Waals surface area contributed by atoms with Gasteiger partial charge in [-0.25, -0.2) is 4.39 Å². The van der Waals surface area contributed by atoms with Crippen LogP contribution in [0.4, 0.5) is 4.39 Å². The quantitative estimate of drug-likeness (QED) is 0.645. The molecule has 6 heteroatoms. The number of aliphatic carboxylic acids is 1. The summed E-state index contributed by atoms with van der Waals surface area (Å²) in [5.74, 6) is -2.58. The predicted octanol–water partition coefficient (Wildman–Crippen LogP) is 2.39. The van der Waals surface area contributed by atoms with Crippen molar-refractivity contribution in [3.63, 3.8) is 0 Å². The third kappa shape index (κ3) is 3.34. The molecule has 0 fully saturated rings. The minimum Gasteiger partial charge on any atom is -0.481 e. The number of hydrogen-bond acceptors (Lipinski definition) is 3. The summed E-state index contributed by atoms with van der Waals surface area (Å²) in [7, 11) is 0. The van der Waals surface area contributed by atoms with E-state index in [0.29, 0.717) is 6.42 Å². The largest absolute Gasteiger partial charge is 0.481 e. The SMILES string of the molecule is O=C(O)CCC/C=C(\F)CN1C(=O)c2ccccc2C1=O. The van der Waals surface area contributed by atoms with Crippen LogP contribution in [-0.4, -0.2) is 34.3 Å². The van der Waals surface area contributed by atoms with Crippen LogP contribution in [0.2, 0.25) is 0 Å². The van der Waals surface area contributed by atoms with E-state index in [9.17, 15) is 18.8 Å². The fourth-order valence-corrected chi connectivity index (χ4v) is 2.11. The number of rotatable bonds is 6. The van der Waals surface area contributed by atoms with E-state index >= 15 is 0 Å². The number of benzene rings is 1. The fraction of sp³-hybridized carbons (Fsp3) is 0.267. The van der Waals surface area contributed by atoms with Crippen LogP contribution in [0, 0.1) is 0 Å². The zero-order valence-electron chi connectivity index (χ0n) is 11.2. The number of hydrogen-bond donors (Lipinski definition) is 1. The van der Waals surface area contributed by atoms with Gasteiger partial charge in [0.1, 0.15) is 5.83 Å². The Morgan fingerprint density at radius 3 is 2.29 bits per heavy atom. The standard InChI is InChI=1S/C15H14FNO4/c16-10(5-1-4-8-13(18)19)9-17-14(20)11-6-2-3-7-12(11)15(17)21/h2-3,5-7H,1,4,8-9H2,(H,18,19)/b10-5-. The second-order valence-electron chi connectivity index (χ2n) is 4.68. The van der Waals surface area contributed by atoms with E-state index in [4.69, 9.17) is 5.11 Å². The third-order valence-electron chi connectivity index (χ3n) is 3.15. The van der Waals surface area contributed by atoms with Crippen LogP contribution >= 0.6 is 0 Å². The topological polar surface area (TPSA) is 74.7 Å². The Hall–Kier alpha value is -2.50. The van der Waals surface area contributed by atoms with Crippen LogP contribution in [0.25, 0.3) is 0 Å². The summed E-state index contributed by atoms with van der Waals surface area (Å²) in [6, 6.07) is 6.35. The molecule has 1 aliphatic heterocycles. The maximum atomic E-state index is 13.7. The number of imide groups is 1. The monoisotopic (exact) mass is 291 g/mol. The number of unbranched alkanes of at least 4 members (excludes halogenated alkanes) is 1. The summed E-state index contributed by atoms with van der Waals surface area (Å²) in [6.07, 6.45) is 1.73. The van der Waals surface area contributed by atoms with Crippen molar-refractivity contribution in [1.82, 2.24) is 4.90 Å². The first kappa shape index (κ1) is 14.9.